The van der Waals surface area contributed by atoms with Crippen molar-refractivity contribution in [3.8, 4) is 5.75 Å². The maximum Gasteiger partial charge on any atom is 0.313 e. The first-order valence-electron chi connectivity index (χ1n) is 11.2. The maximum absolute atomic E-state index is 12.5. The van der Waals surface area contributed by atoms with Crippen LogP contribution >= 0.6 is 0 Å². The molecule has 2 heterocycles. The number of carbonyl (C=O) groups excluding carboxylic acids is 2. The first-order chi connectivity index (χ1) is 16.1. The van der Waals surface area contributed by atoms with Crippen LogP contribution < -0.4 is 15.1 Å². The van der Waals surface area contributed by atoms with E-state index in [1.165, 1.54) is 0 Å². The molecule has 1 aliphatic heterocycles. The van der Waals surface area contributed by atoms with E-state index in [0.717, 1.165) is 30.0 Å². The van der Waals surface area contributed by atoms with Crippen molar-refractivity contribution in [1.29, 1.82) is 0 Å². The Morgan fingerprint density at radius 1 is 1.21 bits per heavy atom. The Bertz CT molecular complexity index is 976. The highest BCUT2D eigenvalue weighted by atomic mass is 16.5. The summed E-state index contributed by atoms with van der Waals surface area (Å²) in [6.45, 7) is 5.44. The summed E-state index contributed by atoms with van der Waals surface area (Å²) >= 11 is 0. The first kappa shape index (κ1) is 23.0. The van der Waals surface area contributed by atoms with Crippen molar-refractivity contribution in [2.24, 2.45) is 11.3 Å². The van der Waals surface area contributed by atoms with Crippen molar-refractivity contribution >= 4 is 17.7 Å². The number of amides is 1. The maximum atomic E-state index is 12.5. The van der Waals surface area contributed by atoms with E-state index >= 15 is 0 Å². The van der Waals surface area contributed by atoms with Gasteiger partial charge >= 0.3 is 5.97 Å². The standard InChI is InChI=1S/C24H29N3O6/c1-2-32-23(29)24(15-20(24)22(28)26-30)14-17-3-5-19(6-4-17)33-16-18-7-8-25-21(13-18)27-9-11-31-12-10-27/h3-8,13,20,30H,2,9-12,14-16H2,1H3,(H,26,28)/t20-,24+/m1/s1. The molecule has 1 amide bonds. The Morgan fingerprint density at radius 3 is 2.67 bits per heavy atom. The van der Waals surface area contributed by atoms with Gasteiger partial charge in [-0.2, -0.15) is 0 Å². The Labute approximate surface area is 192 Å². The number of pyridine rings is 1. The first-order valence-corrected chi connectivity index (χ1v) is 11.2. The monoisotopic (exact) mass is 455 g/mol. The molecule has 0 radical (unpaired) electrons. The van der Waals surface area contributed by atoms with Crippen molar-refractivity contribution in [3.05, 3.63) is 53.7 Å². The average Bonchev–Trinajstić information content (AvgIpc) is 3.59. The molecule has 0 bridgehead atoms. The van der Waals surface area contributed by atoms with Gasteiger partial charge in [0, 0.05) is 19.3 Å². The molecule has 9 nitrogen and oxygen atoms in total. The SMILES string of the molecule is CCOC(=O)[C@@]1(Cc2ccc(OCc3ccnc(N4CCOCC4)c3)cc2)C[C@@H]1C(=O)NO. The molecule has 2 aromatic rings. The van der Waals surface area contributed by atoms with E-state index in [1.54, 1.807) is 18.6 Å². The third-order valence-corrected chi connectivity index (χ3v) is 6.18. The van der Waals surface area contributed by atoms with Gasteiger partial charge in [-0.3, -0.25) is 14.8 Å². The van der Waals surface area contributed by atoms with Crippen LogP contribution in [0.25, 0.3) is 0 Å². The molecule has 2 atom stereocenters. The average molecular weight is 456 g/mol. The molecule has 2 N–H and O–H groups in total. The number of benzene rings is 1. The number of nitrogens with one attached hydrogen (secondary N) is 1. The van der Waals surface area contributed by atoms with Crippen molar-refractivity contribution < 1.29 is 29.0 Å². The molecule has 33 heavy (non-hydrogen) atoms. The van der Waals surface area contributed by atoms with Crippen molar-refractivity contribution in [2.45, 2.75) is 26.4 Å². The third-order valence-electron chi connectivity index (χ3n) is 6.18. The molecule has 1 aromatic carbocycles. The normalized spacial score (nSPS) is 21.9. The van der Waals surface area contributed by atoms with E-state index < -0.39 is 23.2 Å². The van der Waals surface area contributed by atoms with Gasteiger partial charge in [0.15, 0.2) is 0 Å². The Kier molecular flexibility index (Phi) is 7.10. The molecule has 0 spiro atoms. The fourth-order valence-corrected chi connectivity index (χ4v) is 4.25. The van der Waals surface area contributed by atoms with Crippen LogP contribution in [0, 0.1) is 11.3 Å². The third kappa shape index (κ3) is 5.26. The number of hydrogen-bond acceptors (Lipinski definition) is 8. The number of aromatic nitrogens is 1. The number of ether oxygens (including phenoxy) is 3. The molecule has 1 saturated heterocycles. The number of esters is 1. The fraction of sp³-hybridized carbons (Fsp3) is 0.458. The summed E-state index contributed by atoms with van der Waals surface area (Å²) in [6, 6.07) is 11.4. The van der Waals surface area contributed by atoms with Gasteiger partial charge in [-0.25, -0.2) is 10.5 Å². The molecular formula is C24H29N3O6. The van der Waals surface area contributed by atoms with Crippen LogP contribution in [0.3, 0.4) is 0 Å². The van der Waals surface area contributed by atoms with Gasteiger partial charge in [0.25, 0.3) is 0 Å². The van der Waals surface area contributed by atoms with Crippen LogP contribution in [-0.2, 0) is 32.1 Å². The molecule has 1 saturated carbocycles. The number of hydroxylamine groups is 1. The summed E-state index contributed by atoms with van der Waals surface area (Å²) < 4.78 is 16.5. The van der Waals surface area contributed by atoms with Crippen LogP contribution in [0.5, 0.6) is 5.75 Å². The molecular weight excluding hydrogens is 426 g/mol. The molecule has 4 rings (SSSR count). The van der Waals surface area contributed by atoms with Gasteiger partial charge < -0.3 is 19.1 Å². The molecule has 1 aliphatic carbocycles. The second kappa shape index (κ2) is 10.2. The lowest BCUT2D eigenvalue weighted by Gasteiger charge is -2.28. The number of anilines is 1. The zero-order chi connectivity index (χ0) is 23.3. The number of rotatable bonds is 9. The van der Waals surface area contributed by atoms with Gasteiger partial charge in [-0.1, -0.05) is 12.1 Å². The topological polar surface area (TPSA) is 110 Å². The van der Waals surface area contributed by atoms with Crippen LogP contribution in [0.4, 0.5) is 5.82 Å². The largest absolute Gasteiger partial charge is 0.489 e. The summed E-state index contributed by atoms with van der Waals surface area (Å²) in [5.74, 6) is 0.0633. The van der Waals surface area contributed by atoms with Crippen LogP contribution in [0.2, 0.25) is 0 Å². The number of morpholine rings is 1. The molecule has 1 aromatic heterocycles. The van der Waals surface area contributed by atoms with E-state index in [9.17, 15) is 9.59 Å². The minimum Gasteiger partial charge on any atom is -0.489 e. The molecule has 2 aliphatic rings. The second-order valence-corrected chi connectivity index (χ2v) is 8.34. The van der Waals surface area contributed by atoms with Gasteiger partial charge in [0.2, 0.25) is 5.91 Å². The van der Waals surface area contributed by atoms with Crippen molar-refractivity contribution in [1.82, 2.24) is 10.5 Å². The predicted molar refractivity (Wildman–Crippen MR) is 119 cm³/mol. The second-order valence-electron chi connectivity index (χ2n) is 8.34. The number of hydrogen-bond donors (Lipinski definition) is 2. The van der Waals surface area contributed by atoms with Gasteiger partial charge in [-0.05, 0) is 55.2 Å². The van der Waals surface area contributed by atoms with Crippen molar-refractivity contribution in [2.75, 3.05) is 37.8 Å². The minimum absolute atomic E-state index is 0.239. The highest BCUT2D eigenvalue weighted by Crippen LogP contribution is 2.55. The highest BCUT2D eigenvalue weighted by molar-refractivity contribution is 5.93. The zero-order valence-corrected chi connectivity index (χ0v) is 18.7. The van der Waals surface area contributed by atoms with E-state index in [4.69, 9.17) is 19.4 Å². The highest BCUT2D eigenvalue weighted by Gasteiger charge is 2.64. The van der Waals surface area contributed by atoms with Gasteiger partial charge in [-0.15, -0.1) is 0 Å². The summed E-state index contributed by atoms with van der Waals surface area (Å²) in [6.07, 6.45) is 2.50. The van der Waals surface area contributed by atoms with Crippen LogP contribution in [0.15, 0.2) is 42.6 Å². The van der Waals surface area contributed by atoms with Crippen molar-refractivity contribution in [3.63, 3.8) is 0 Å². The molecule has 2 fully saturated rings. The zero-order valence-electron chi connectivity index (χ0n) is 18.7. The lowest BCUT2D eigenvalue weighted by atomic mass is 9.93. The summed E-state index contributed by atoms with van der Waals surface area (Å²) in [4.78, 5) is 31.0. The van der Waals surface area contributed by atoms with Crippen LogP contribution in [0.1, 0.15) is 24.5 Å². The summed E-state index contributed by atoms with van der Waals surface area (Å²) in [5.41, 5.74) is 2.63. The van der Waals surface area contributed by atoms with E-state index in [1.807, 2.05) is 36.4 Å². The summed E-state index contributed by atoms with van der Waals surface area (Å²) in [5, 5.41) is 8.96. The lowest BCUT2D eigenvalue weighted by Crippen LogP contribution is -2.36. The molecule has 9 heteroatoms. The summed E-state index contributed by atoms with van der Waals surface area (Å²) in [7, 11) is 0. The Balaban J connectivity index is 1.36. The van der Waals surface area contributed by atoms with E-state index in [0.29, 0.717) is 38.4 Å². The quantitative estimate of drug-likeness (QED) is 0.336. The van der Waals surface area contributed by atoms with Gasteiger partial charge in [0.05, 0.1) is 31.2 Å². The number of nitrogens with zero attached hydrogens (tertiary/aromatic N) is 2. The molecule has 176 valence electrons. The van der Waals surface area contributed by atoms with E-state index in [2.05, 4.69) is 9.88 Å². The molecule has 0 unspecified atom stereocenters. The predicted octanol–water partition coefficient (Wildman–Crippen LogP) is 2.11. The fourth-order valence-electron chi connectivity index (χ4n) is 4.25. The van der Waals surface area contributed by atoms with E-state index in [-0.39, 0.29) is 6.61 Å². The van der Waals surface area contributed by atoms with Crippen LogP contribution in [-0.4, -0.2) is 55.0 Å². The lowest BCUT2D eigenvalue weighted by molar-refractivity contribution is -0.152. The number of carbonyl (C=O) groups is 2. The minimum atomic E-state index is -0.932. The Hall–Kier alpha value is -3.17. The smallest absolute Gasteiger partial charge is 0.313 e. The van der Waals surface area contributed by atoms with Gasteiger partial charge in [0.1, 0.15) is 18.2 Å². The Morgan fingerprint density at radius 2 is 1.97 bits per heavy atom.